The molecule has 2 aliphatic rings. The third-order valence-corrected chi connectivity index (χ3v) is 7.44. The van der Waals surface area contributed by atoms with Gasteiger partial charge in [0.05, 0.1) is 0 Å². The van der Waals surface area contributed by atoms with E-state index in [0.717, 1.165) is 36.7 Å². The number of aryl methyl sites for hydroxylation is 1. The van der Waals surface area contributed by atoms with Crippen LogP contribution in [0.25, 0.3) is 11.1 Å². The van der Waals surface area contributed by atoms with Crippen molar-refractivity contribution in [3.63, 3.8) is 0 Å². The first-order chi connectivity index (χ1) is 21.1. The van der Waals surface area contributed by atoms with E-state index < -0.39 is 0 Å². The van der Waals surface area contributed by atoms with E-state index in [1.807, 2.05) is 76.9 Å². The molecular weight excluding hydrogens is 532 g/mol. The molecule has 236 valence electrons. The van der Waals surface area contributed by atoms with Crippen LogP contribution in [0.3, 0.4) is 0 Å². The molecule has 3 aromatic rings. The third kappa shape index (κ3) is 14.1. The largest absolute Gasteiger partial charge is 0.348 e. The first-order valence-corrected chi connectivity index (χ1v) is 16.0. The van der Waals surface area contributed by atoms with Gasteiger partial charge in [-0.25, -0.2) is 0 Å². The summed E-state index contributed by atoms with van der Waals surface area (Å²) in [7, 11) is 4.15. The number of amides is 1. The van der Waals surface area contributed by atoms with Gasteiger partial charge in [-0.05, 0) is 88.2 Å². The minimum absolute atomic E-state index is 0.0231. The van der Waals surface area contributed by atoms with Crippen molar-refractivity contribution in [3.05, 3.63) is 96.1 Å². The fraction of sp³-hybridized carbons (Fsp3) is 0.459. The molecule has 2 atom stereocenters. The lowest BCUT2D eigenvalue weighted by molar-refractivity contribution is -0.0980. The normalized spacial score (nSPS) is 17.4. The van der Waals surface area contributed by atoms with Crippen molar-refractivity contribution >= 4 is 12.7 Å². The lowest BCUT2D eigenvalue weighted by atomic mass is 10.0. The van der Waals surface area contributed by atoms with Gasteiger partial charge in [0.1, 0.15) is 6.79 Å². The number of likely N-dealkylation sites (tertiary alicyclic amines) is 2. The highest BCUT2D eigenvalue weighted by atomic mass is 16.1. The van der Waals surface area contributed by atoms with Gasteiger partial charge in [0, 0.05) is 30.7 Å². The fourth-order valence-corrected chi connectivity index (χ4v) is 5.19. The molecule has 6 nitrogen and oxygen atoms in total. The van der Waals surface area contributed by atoms with Crippen LogP contribution < -0.4 is 10.6 Å². The van der Waals surface area contributed by atoms with Gasteiger partial charge < -0.3 is 25.2 Å². The Bertz CT molecular complexity index is 1090. The number of likely N-dealkylation sites (N-methyl/N-ethyl adjacent to an activating group) is 2. The molecule has 2 aliphatic heterocycles. The Hall–Kier alpha value is -3.32. The highest BCUT2D eigenvalue weighted by Crippen LogP contribution is 2.19. The van der Waals surface area contributed by atoms with Gasteiger partial charge in [-0.15, -0.1) is 0 Å². The number of carbonyl (C=O) groups is 2. The molecule has 3 aromatic carbocycles. The summed E-state index contributed by atoms with van der Waals surface area (Å²) >= 11 is 0. The molecule has 0 aliphatic carbocycles. The second kappa shape index (κ2) is 23.2. The Kier molecular flexibility index (Phi) is 20.3. The smallest absolute Gasteiger partial charge is 0.251 e. The zero-order valence-electron chi connectivity index (χ0n) is 27.5. The van der Waals surface area contributed by atoms with Crippen LogP contribution in [0.1, 0.15) is 62.9 Å². The molecule has 5 rings (SSSR count). The highest BCUT2D eigenvalue weighted by Gasteiger charge is 2.21. The molecule has 6 heteroatoms. The van der Waals surface area contributed by atoms with Crippen LogP contribution in [0.15, 0.2) is 84.9 Å². The maximum atomic E-state index is 12.2. The average Bonchev–Trinajstić information content (AvgIpc) is 3.73. The van der Waals surface area contributed by atoms with E-state index in [-0.39, 0.29) is 11.9 Å². The molecular formula is C37H56N4O2. The first kappa shape index (κ1) is 37.7. The lowest BCUT2D eigenvalue weighted by Crippen LogP contribution is -2.36. The molecule has 2 saturated heterocycles. The number of nitrogens with one attached hydrogen (secondary N) is 2. The first-order valence-electron chi connectivity index (χ1n) is 16.0. The summed E-state index contributed by atoms with van der Waals surface area (Å²) in [6.45, 7) is 15.7. The average molecular weight is 589 g/mol. The quantitative estimate of drug-likeness (QED) is 0.312. The predicted molar refractivity (Wildman–Crippen MR) is 184 cm³/mol. The summed E-state index contributed by atoms with van der Waals surface area (Å²) in [6.07, 6.45) is 4.83. The molecule has 1 amide bonds. The van der Waals surface area contributed by atoms with E-state index in [9.17, 15) is 4.79 Å². The molecule has 0 saturated carbocycles. The predicted octanol–water partition coefficient (Wildman–Crippen LogP) is 6.57. The zero-order chi connectivity index (χ0) is 31.9. The fourth-order valence-electron chi connectivity index (χ4n) is 5.19. The van der Waals surface area contributed by atoms with E-state index >= 15 is 0 Å². The van der Waals surface area contributed by atoms with Gasteiger partial charge >= 0.3 is 0 Å². The van der Waals surface area contributed by atoms with Crippen molar-refractivity contribution in [1.29, 1.82) is 0 Å². The minimum Gasteiger partial charge on any atom is -0.348 e. The van der Waals surface area contributed by atoms with Crippen molar-refractivity contribution in [2.75, 3.05) is 46.8 Å². The summed E-state index contributed by atoms with van der Waals surface area (Å²) in [6, 6.07) is 29.8. The summed E-state index contributed by atoms with van der Waals surface area (Å²) in [5.74, 6) is 0.0231. The third-order valence-electron chi connectivity index (χ3n) is 7.44. The monoisotopic (exact) mass is 588 g/mol. The van der Waals surface area contributed by atoms with Crippen LogP contribution in [-0.4, -0.2) is 81.4 Å². The highest BCUT2D eigenvalue weighted by molar-refractivity contribution is 5.94. The molecule has 0 aromatic heterocycles. The van der Waals surface area contributed by atoms with Crippen LogP contribution >= 0.6 is 0 Å². The Morgan fingerprint density at radius 2 is 1.33 bits per heavy atom. The van der Waals surface area contributed by atoms with Crippen molar-refractivity contribution in [2.45, 2.75) is 65.5 Å². The van der Waals surface area contributed by atoms with Gasteiger partial charge in [-0.3, -0.25) is 4.79 Å². The zero-order valence-corrected chi connectivity index (χ0v) is 27.5. The number of hydrogen-bond donors (Lipinski definition) is 2. The number of benzene rings is 3. The number of rotatable bonds is 8. The molecule has 2 heterocycles. The van der Waals surface area contributed by atoms with Crippen LogP contribution in [-0.2, 0) is 11.2 Å². The van der Waals surface area contributed by atoms with Crippen molar-refractivity contribution < 1.29 is 9.59 Å². The lowest BCUT2D eigenvalue weighted by Gasteiger charge is -2.15. The van der Waals surface area contributed by atoms with Crippen molar-refractivity contribution in [3.8, 4) is 11.1 Å². The Labute approximate surface area is 261 Å². The van der Waals surface area contributed by atoms with Crippen molar-refractivity contribution in [2.24, 2.45) is 0 Å². The minimum atomic E-state index is 0.0231. The van der Waals surface area contributed by atoms with E-state index in [4.69, 9.17) is 4.79 Å². The molecule has 0 bridgehead atoms. The Morgan fingerprint density at radius 1 is 0.767 bits per heavy atom. The summed E-state index contributed by atoms with van der Waals surface area (Å²) in [5.41, 5.74) is 4.49. The summed E-state index contributed by atoms with van der Waals surface area (Å²) < 4.78 is 0. The number of hydrogen-bond acceptors (Lipinski definition) is 5. The van der Waals surface area contributed by atoms with Gasteiger partial charge in [0.2, 0.25) is 0 Å². The standard InChI is InChI=1S/C18H20N2O.C14H22N2.2C2H6.CH2O/c1-20-12-11-17(13-20)19-18(21)16-9-7-15(8-10-16)14-5-3-2-4-6-14;1-15-14-9-11-16(12-14)10-5-8-13-6-3-2-4-7-13;3*1-2/h2-10,17H,11-13H2,1H3,(H,19,21);2-4,6-7,14-15H,5,8-12H2,1H3;2*1-2H3;1H2. The van der Waals surface area contributed by atoms with Gasteiger partial charge in [0.15, 0.2) is 0 Å². The maximum absolute atomic E-state index is 12.2. The Balaban J connectivity index is 0.000000376. The second-order valence-corrected chi connectivity index (χ2v) is 10.3. The molecule has 43 heavy (non-hydrogen) atoms. The molecule has 2 unspecified atom stereocenters. The second-order valence-electron chi connectivity index (χ2n) is 10.3. The van der Waals surface area contributed by atoms with Gasteiger partial charge in [0.25, 0.3) is 5.91 Å². The number of nitrogens with zero attached hydrogens (tertiary/aromatic N) is 2. The van der Waals surface area contributed by atoms with Gasteiger partial charge in [-0.2, -0.15) is 0 Å². The van der Waals surface area contributed by atoms with E-state index in [2.05, 4.69) is 77.0 Å². The topological polar surface area (TPSA) is 64.7 Å². The van der Waals surface area contributed by atoms with Crippen LogP contribution in [0.5, 0.6) is 0 Å². The van der Waals surface area contributed by atoms with E-state index in [1.54, 1.807) is 0 Å². The van der Waals surface area contributed by atoms with Crippen molar-refractivity contribution in [1.82, 2.24) is 20.4 Å². The Morgan fingerprint density at radius 3 is 1.86 bits per heavy atom. The molecule has 2 N–H and O–H groups in total. The SMILES string of the molecule is C=O.CC.CC.CN1CCC(NC(=O)c2ccc(-c3ccccc3)cc2)C1.CNC1CCN(CCCc2ccccc2)C1. The van der Waals surface area contributed by atoms with E-state index in [0.29, 0.717) is 0 Å². The maximum Gasteiger partial charge on any atom is 0.251 e. The summed E-state index contributed by atoms with van der Waals surface area (Å²) in [5, 5.41) is 6.46. The molecule has 0 radical (unpaired) electrons. The van der Waals surface area contributed by atoms with Gasteiger partial charge in [-0.1, -0.05) is 100 Å². The van der Waals surface area contributed by atoms with E-state index in [1.165, 1.54) is 50.0 Å². The number of carbonyl (C=O) groups excluding carboxylic acids is 2. The van der Waals surface area contributed by atoms with Crippen LogP contribution in [0.2, 0.25) is 0 Å². The van der Waals surface area contributed by atoms with Crippen LogP contribution in [0.4, 0.5) is 0 Å². The molecule has 2 fully saturated rings. The molecule has 0 spiro atoms. The van der Waals surface area contributed by atoms with Crippen LogP contribution in [0, 0.1) is 0 Å². The summed E-state index contributed by atoms with van der Waals surface area (Å²) in [4.78, 5) is 25.0.